The predicted molar refractivity (Wildman–Crippen MR) is 135 cm³/mol. The quantitative estimate of drug-likeness (QED) is 0.444. The number of aryl methyl sites for hydroxylation is 1. The molecule has 1 saturated carbocycles. The summed E-state index contributed by atoms with van der Waals surface area (Å²) in [6.07, 6.45) is 5.84. The molecule has 4 aromatic rings. The van der Waals surface area contributed by atoms with Gasteiger partial charge in [0, 0.05) is 62.0 Å². The van der Waals surface area contributed by atoms with Gasteiger partial charge in [0.1, 0.15) is 5.82 Å². The van der Waals surface area contributed by atoms with Crippen LogP contribution in [0.4, 0.5) is 0 Å². The van der Waals surface area contributed by atoms with Crippen LogP contribution in [0.25, 0.3) is 22.5 Å². The van der Waals surface area contributed by atoms with Gasteiger partial charge in [0.15, 0.2) is 5.82 Å². The van der Waals surface area contributed by atoms with E-state index >= 15 is 0 Å². The molecule has 3 aromatic heterocycles. The molecule has 0 unspecified atom stereocenters. The SMILES string of the molecule is Cc1noc(-c2ccc3nc(Cc4cc(CN5CCN(C(=O)C6CCC6)C[C@H]5C)ccn4)[nH]c3c2)n1. The minimum Gasteiger partial charge on any atom is -0.342 e. The number of aromatic amines is 1. The Bertz CT molecular complexity index is 1390. The molecular weight excluding hydrogens is 454 g/mol. The first-order valence-corrected chi connectivity index (χ1v) is 12.8. The first kappa shape index (κ1) is 22.8. The molecule has 1 atom stereocenters. The van der Waals surface area contributed by atoms with Crippen LogP contribution in [0, 0.1) is 12.8 Å². The zero-order chi connectivity index (χ0) is 24.6. The molecule has 0 radical (unpaired) electrons. The lowest BCUT2D eigenvalue weighted by atomic mass is 9.84. The molecule has 1 saturated heterocycles. The summed E-state index contributed by atoms with van der Waals surface area (Å²) in [5.74, 6) is 2.62. The molecule has 0 spiro atoms. The molecule has 1 amide bonds. The lowest BCUT2D eigenvalue weighted by Crippen LogP contribution is -2.54. The summed E-state index contributed by atoms with van der Waals surface area (Å²) < 4.78 is 5.29. The molecule has 1 aliphatic carbocycles. The molecule has 4 heterocycles. The number of fused-ring (bicyclic) bond motifs is 1. The van der Waals surface area contributed by atoms with Gasteiger partial charge < -0.3 is 14.4 Å². The second kappa shape index (κ2) is 9.46. The van der Waals surface area contributed by atoms with E-state index in [-0.39, 0.29) is 5.92 Å². The molecular formula is C27H31N7O2. The Morgan fingerprint density at radius 2 is 2.06 bits per heavy atom. The van der Waals surface area contributed by atoms with Gasteiger partial charge in [-0.3, -0.25) is 14.7 Å². The third-order valence-electron chi connectivity index (χ3n) is 7.45. The number of pyridine rings is 1. The maximum absolute atomic E-state index is 12.6. The van der Waals surface area contributed by atoms with Gasteiger partial charge in [0.25, 0.3) is 5.89 Å². The number of amides is 1. The van der Waals surface area contributed by atoms with Crippen LogP contribution >= 0.6 is 0 Å². The number of hydrogen-bond donors (Lipinski definition) is 1. The smallest absolute Gasteiger partial charge is 0.257 e. The normalized spacial score (nSPS) is 19.1. The maximum Gasteiger partial charge on any atom is 0.257 e. The number of aromatic nitrogens is 5. The van der Waals surface area contributed by atoms with Crippen molar-refractivity contribution in [1.82, 2.24) is 34.9 Å². The van der Waals surface area contributed by atoms with Crippen molar-refractivity contribution in [3.63, 3.8) is 0 Å². The summed E-state index contributed by atoms with van der Waals surface area (Å²) in [6.45, 7) is 7.43. The number of carbonyl (C=O) groups excluding carboxylic acids is 1. The van der Waals surface area contributed by atoms with Crippen LogP contribution in [-0.4, -0.2) is 66.5 Å². The lowest BCUT2D eigenvalue weighted by Gasteiger charge is -2.42. The van der Waals surface area contributed by atoms with Crippen LogP contribution in [0.1, 0.15) is 49.1 Å². The van der Waals surface area contributed by atoms with Gasteiger partial charge in [-0.05, 0) is 62.6 Å². The average molecular weight is 486 g/mol. The molecule has 186 valence electrons. The van der Waals surface area contributed by atoms with Gasteiger partial charge >= 0.3 is 0 Å². The molecule has 1 aliphatic heterocycles. The second-order valence-corrected chi connectivity index (χ2v) is 10.1. The van der Waals surface area contributed by atoms with E-state index in [0.717, 1.165) is 67.1 Å². The number of nitrogens with zero attached hydrogens (tertiary/aromatic N) is 6. The highest BCUT2D eigenvalue weighted by atomic mass is 16.5. The standard InChI is InChI=1S/C27H31N7O2/c1-17-15-34(27(35)20-4-3-5-20)11-10-33(17)16-19-8-9-28-22(12-19)14-25-30-23-7-6-21(13-24(23)31-25)26-29-18(2)32-36-26/h6-9,12-13,17,20H,3-5,10-11,14-16H2,1-2H3,(H,30,31)/t17-/m1/s1. The topological polar surface area (TPSA) is 104 Å². The Hall–Kier alpha value is -3.59. The minimum absolute atomic E-state index is 0.277. The van der Waals surface area contributed by atoms with Crippen molar-refractivity contribution in [2.45, 2.75) is 52.1 Å². The predicted octanol–water partition coefficient (Wildman–Crippen LogP) is 3.74. The van der Waals surface area contributed by atoms with Gasteiger partial charge in [-0.1, -0.05) is 11.6 Å². The van der Waals surface area contributed by atoms with Crippen molar-refractivity contribution in [1.29, 1.82) is 0 Å². The van der Waals surface area contributed by atoms with Crippen molar-refractivity contribution in [3.05, 3.63) is 59.4 Å². The highest BCUT2D eigenvalue weighted by Gasteiger charge is 2.33. The van der Waals surface area contributed by atoms with E-state index in [1.54, 1.807) is 6.92 Å². The van der Waals surface area contributed by atoms with Crippen LogP contribution < -0.4 is 0 Å². The largest absolute Gasteiger partial charge is 0.342 e. The van der Waals surface area contributed by atoms with Crippen molar-refractivity contribution in [2.24, 2.45) is 5.92 Å². The van der Waals surface area contributed by atoms with E-state index in [1.807, 2.05) is 24.4 Å². The number of hydrogen-bond acceptors (Lipinski definition) is 7. The molecule has 1 aromatic carbocycles. The fraction of sp³-hybridized carbons (Fsp3) is 0.444. The Kier molecular flexibility index (Phi) is 6.00. The molecule has 6 rings (SSSR count). The summed E-state index contributed by atoms with van der Waals surface area (Å²) in [5.41, 5.74) is 4.89. The van der Waals surface area contributed by atoms with Gasteiger partial charge in [-0.25, -0.2) is 4.98 Å². The number of benzene rings is 1. The van der Waals surface area contributed by atoms with E-state index in [2.05, 4.69) is 49.0 Å². The van der Waals surface area contributed by atoms with E-state index in [9.17, 15) is 4.79 Å². The molecule has 36 heavy (non-hydrogen) atoms. The first-order valence-electron chi connectivity index (χ1n) is 12.8. The highest BCUT2D eigenvalue weighted by Crippen LogP contribution is 2.29. The van der Waals surface area contributed by atoms with Crippen LogP contribution in [0.2, 0.25) is 0 Å². The number of imidazole rings is 1. The number of piperazine rings is 1. The van der Waals surface area contributed by atoms with Crippen LogP contribution in [0.5, 0.6) is 0 Å². The summed E-state index contributed by atoms with van der Waals surface area (Å²) in [6, 6.07) is 10.5. The Morgan fingerprint density at radius 1 is 1.17 bits per heavy atom. The number of carbonyl (C=O) groups is 1. The number of H-pyrrole nitrogens is 1. The number of nitrogens with one attached hydrogen (secondary N) is 1. The van der Waals surface area contributed by atoms with Crippen LogP contribution in [0.15, 0.2) is 41.1 Å². The third-order valence-corrected chi connectivity index (χ3v) is 7.45. The van der Waals surface area contributed by atoms with E-state index in [4.69, 9.17) is 9.51 Å². The zero-order valence-electron chi connectivity index (χ0n) is 20.8. The Morgan fingerprint density at radius 3 is 2.81 bits per heavy atom. The van der Waals surface area contributed by atoms with Gasteiger partial charge in [0.05, 0.1) is 11.0 Å². The minimum atomic E-state index is 0.277. The molecule has 1 N–H and O–H groups in total. The fourth-order valence-corrected chi connectivity index (χ4v) is 5.17. The van der Waals surface area contributed by atoms with Gasteiger partial charge in [0.2, 0.25) is 5.91 Å². The van der Waals surface area contributed by atoms with Crippen molar-refractivity contribution >= 4 is 16.9 Å². The van der Waals surface area contributed by atoms with E-state index in [0.29, 0.717) is 30.1 Å². The number of rotatable bonds is 6. The summed E-state index contributed by atoms with van der Waals surface area (Å²) in [4.78, 5) is 34.2. The fourth-order valence-electron chi connectivity index (χ4n) is 5.17. The van der Waals surface area contributed by atoms with Gasteiger partial charge in [-0.15, -0.1) is 0 Å². The molecule has 2 aliphatic rings. The van der Waals surface area contributed by atoms with E-state index in [1.165, 1.54) is 12.0 Å². The Balaban J connectivity index is 1.11. The van der Waals surface area contributed by atoms with E-state index < -0.39 is 0 Å². The van der Waals surface area contributed by atoms with Crippen molar-refractivity contribution in [2.75, 3.05) is 19.6 Å². The van der Waals surface area contributed by atoms with Crippen molar-refractivity contribution in [3.8, 4) is 11.5 Å². The average Bonchev–Trinajstić information content (AvgIpc) is 3.44. The second-order valence-electron chi connectivity index (χ2n) is 10.1. The molecule has 9 heteroatoms. The molecule has 0 bridgehead atoms. The zero-order valence-corrected chi connectivity index (χ0v) is 20.8. The first-order chi connectivity index (χ1) is 17.5. The van der Waals surface area contributed by atoms with Crippen molar-refractivity contribution < 1.29 is 9.32 Å². The summed E-state index contributed by atoms with van der Waals surface area (Å²) in [5, 5.41) is 3.87. The van der Waals surface area contributed by atoms with Gasteiger partial charge in [-0.2, -0.15) is 4.98 Å². The monoisotopic (exact) mass is 485 g/mol. The maximum atomic E-state index is 12.6. The highest BCUT2D eigenvalue weighted by molar-refractivity contribution is 5.80. The lowest BCUT2D eigenvalue weighted by molar-refractivity contribution is -0.141. The summed E-state index contributed by atoms with van der Waals surface area (Å²) >= 11 is 0. The Labute approximate surface area is 209 Å². The third kappa shape index (κ3) is 4.63. The molecule has 9 nitrogen and oxygen atoms in total. The summed E-state index contributed by atoms with van der Waals surface area (Å²) in [7, 11) is 0. The molecule has 2 fully saturated rings. The van der Waals surface area contributed by atoms with Crippen LogP contribution in [0.3, 0.4) is 0 Å². The van der Waals surface area contributed by atoms with Crippen LogP contribution in [-0.2, 0) is 17.8 Å².